The van der Waals surface area contributed by atoms with E-state index in [4.69, 9.17) is 5.84 Å². The summed E-state index contributed by atoms with van der Waals surface area (Å²) in [5, 5.41) is 13.4. The number of hydrogen-bond donors (Lipinski definition) is 2. The number of rotatable bonds is 5. The number of hydrogen-bond acceptors (Lipinski definition) is 7. The fourth-order valence-electron chi connectivity index (χ4n) is 3.93. The first-order valence-electron chi connectivity index (χ1n) is 10.6. The van der Waals surface area contributed by atoms with Gasteiger partial charge in [0.25, 0.3) is 11.8 Å². The van der Waals surface area contributed by atoms with Gasteiger partial charge in [0.2, 0.25) is 11.8 Å². The first-order chi connectivity index (χ1) is 16.9. The second-order valence-electron chi connectivity index (χ2n) is 8.15. The minimum Gasteiger partial charge on any atom is -0.352 e. The van der Waals surface area contributed by atoms with Gasteiger partial charge in [-0.3, -0.25) is 4.79 Å². The van der Waals surface area contributed by atoms with Gasteiger partial charge >= 0.3 is 6.18 Å². The van der Waals surface area contributed by atoms with Crippen LogP contribution < -0.4 is 11.2 Å². The Morgan fingerprint density at radius 1 is 1.25 bits per heavy atom. The molecule has 3 N–H and O–H groups in total. The number of aromatic nitrogens is 2. The molecule has 0 spiro atoms. The molecule has 0 aliphatic carbocycles. The Labute approximate surface area is 201 Å². The van der Waals surface area contributed by atoms with Crippen molar-refractivity contribution in [3.05, 3.63) is 53.1 Å². The maximum absolute atomic E-state index is 14.5. The van der Waals surface area contributed by atoms with Gasteiger partial charge in [-0.05, 0) is 24.1 Å². The van der Waals surface area contributed by atoms with E-state index in [1.165, 1.54) is 20.0 Å². The van der Waals surface area contributed by atoms with Crippen molar-refractivity contribution >= 4 is 17.7 Å². The van der Waals surface area contributed by atoms with E-state index in [1.807, 2.05) is 0 Å². The quantitative estimate of drug-likeness (QED) is 0.156. The summed E-state index contributed by atoms with van der Waals surface area (Å²) in [5.74, 6) is -0.828. The number of carbonyl (C=O) groups is 1. The molecule has 1 aromatic heterocycles. The number of nitrogens with two attached hydrogens (primary N) is 1. The molecular formula is C21H22F6N8O. The van der Waals surface area contributed by atoms with Crippen LogP contribution in [0.2, 0.25) is 0 Å². The van der Waals surface area contributed by atoms with Gasteiger partial charge in [-0.2, -0.15) is 23.4 Å². The summed E-state index contributed by atoms with van der Waals surface area (Å²) >= 11 is 0. The molecule has 1 aliphatic heterocycles. The number of amides is 1. The van der Waals surface area contributed by atoms with Gasteiger partial charge < -0.3 is 16.1 Å². The number of halogens is 6. The third-order valence-electron chi connectivity index (χ3n) is 5.56. The van der Waals surface area contributed by atoms with Gasteiger partial charge in [-0.15, -0.1) is 5.11 Å². The number of nitrogens with one attached hydrogen (secondary N) is 1. The molecule has 2 atom stereocenters. The molecule has 3 rings (SSSR count). The predicted octanol–water partition coefficient (Wildman–Crippen LogP) is 3.93. The fraction of sp³-hybridized carbons (Fsp3) is 0.429. The van der Waals surface area contributed by atoms with E-state index in [2.05, 4.69) is 30.6 Å². The molecule has 2 aromatic rings. The molecule has 9 nitrogen and oxygen atoms in total. The molecule has 1 fully saturated rings. The van der Waals surface area contributed by atoms with E-state index < -0.39 is 54.3 Å². The molecule has 15 heteroatoms. The van der Waals surface area contributed by atoms with Crippen molar-refractivity contribution in [2.45, 2.75) is 31.5 Å². The zero-order valence-corrected chi connectivity index (χ0v) is 19.1. The number of benzene rings is 1. The van der Waals surface area contributed by atoms with Crippen LogP contribution in [-0.4, -0.2) is 58.7 Å². The van der Waals surface area contributed by atoms with Crippen LogP contribution in [0.4, 0.5) is 32.3 Å². The Bertz CT molecular complexity index is 1150. The summed E-state index contributed by atoms with van der Waals surface area (Å²) in [7, 11) is 1.31. The minimum atomic E-state index is -4.63. The smallest absolute Gasteiger partial charge is 0.352 e. The predicted molar refractivity (Wildman–Crippen MR) is 117 cm³/mol. The lowest BCUT2D eigenvalue weighted by atomic mass is 9.87. The van der Waals surface area contributed by atoms with Gasteiger partial charge in [0.15, 0.2) is 0 Å². The maximum Gasteiger partial charge on any atom is 0.419 e. The SMILES string of the molecule is CN=NC(=NN)c1ccc(F)cc1C(=O)N1CC(F)(F)CC(C)C1CNc1ncc(C(F)(F)F)cn1. The number of amidine groups is 1. The molecule has 2 unspecified atom stereocenters. The van der Waals surface area contributed by atoms with Crippen LogP contribution >= 0.6 is 0 Å². The molecule has 0 bridgehead atoms. The number of likely N-dealkylation sites (tertiary alicyclic amines) is 1. The van der Waals surface area contributed by atoms with Crippen LogP contribution in [0.1, 0.15) is 34.8 Å². The van der Waals surface area contributed by atoms with Gasteiger partial charge in [0.05, 0.1) is 23.7 Å². The summed E-state index contributed by atoms with van der Waals surface area (Å²) < 4.78 is 81.3. The number of carbonyl (C=O) groups excluding carboxylic acids is 1. The monoisotopic (exact) mass is 516 g/mol. The Hall–Kier alpha value is -3.78. The van der Waals surface area contributed by atoms with Crippen LogP contribution in [0.5, 0.6) is 0 Å². The third kappa shape index (κ3) is 6.07. The van der Waals surface area contributed by atoms with E-state index in [9.17, 15) is 31.1 Å². The molecule has 2 heterocycles. The van der Waals surface area contributed by atoms with Crippen LogP contribution in [0, 0.1) is 11.7 Å². The summed E-state index contributed by atoms with van der Waals surface area (Å²) in [6.45, 7) is 0.361. The number of nitrogens with zero attached hydrogens (tertiary/aromatic N) is 6. The van der Waals surface area contributed by atoms with E-state index >= 15 is 0 Å². The molecule has 0 radical (unpaired) electrons. The molecule has 1 saturated heterocycles. The van der Waals surface area contributed by atoms with E-state index in [0.29, 0.717) is 12.4 Å². The van der Waals surface area contributed by atoms with Crippen molar-refractivity contribution in [3.8, 4) is 0 Å². The summed E-state index contributed by atoms with van der Waals surface area (Å²) in [4.78, 5) is 21.5. The molecular weight excluding hydrogens is 494 g/mol. The highest BCUT2D eigenvalue weighted by Crippen LogP contribution is 2.36. The lowest BCUT2D eigenvalue weighted by molar-refractivity contribution is -0.138. The maximum atomic E-state index is 14.5. The van der Waals surface area contributed by atoms with E-state index in [-0.39, 0.29) is 29.5 Å². The minimum absolute atomic E-state index is 0.0196. The highest BCUT2D eigenvalue weighted by Gasteiger charge is 2.46. The zero-order chi connectivity index (χ0) is 26.7. The molecule has 1 amide bonds. The van der Waals surface area contributed by atoms with Crippen LogP contribution in [0.25, 0.3) is 0 Å². The average Bonchev–Trinajstić information content (AvgIpc) is 2.80. The van der Waals surface area contributed by atoms with Crippen LogP contribution in [0.3, 0.4) is 0 Å². The molecule has 36 heavy (non-hydrogen) atoms. The van der Waals surface area contributed by atoms with Crippen molar-refractivity contribution in [1.82, 2.24) is 14.9 Å². The van der Waals surface area contributed by atoms with Crippen molar-refractivity contribution in [2.24, 2.45) is 27.1 Å². The standard InChI is InChI=1S/C21H22F6N8O/c1-11-6-20(23,24)10-35(16(11)9-32-19-30-7-12(8-31-19)21(25,26)27)18(36)15-5-13(22)3-4-14(15)17(33-28)34-29-2/h3-5,7-8,11,16H,6,9-10,28H2,1-2H3,(H,30,31,32). The van der Waals surface area contributed by atoms with Crippen LogP contribution in [0.15, 0.2) is 45.9 Å². The lowest BCUT2D eigenvalue weighted by Crippen LogP contribution is -2.57. The Kier molecular flexibility index (Phi) is 7.79. The van der Waals surface area contributed by atoms with Crippen LogP contribution in [-0.2, 0) is 6.18 Å². The van der Waals surface area contributed by atoms with Gasteiger partial charge in [0.1, 0.15) is 5.82 Å². The molecule has 1 aromatic carbocycles. The second-order valence-corrected chi connectivity index (χ2v) is 8.15. The largest absolute Gasteiger partial charge is 0.419 e. The average molecular weight is 516 g/mol. The van der Waals surface area contributed by atoms with E-state index in [1.54, 1.807) is 0 Å². The lowest BCUT2D eigenvalue weighted by Gasteiger charge is -2.43. The normalized spacial score (nSPS) is 20.6. The Balaban J connectivity index is 1.93. The first-order valence-corrected chi connectivity index (χ1v) is 10.6. The van der Waals surface area contributed by atoms with E-state index in [0.717, 1.165) is 17.0 Å². The number of azo groups is 1. The fourth-order valence-corrected chi connectivity index (χ4v) is 3.93. The summed E-state index contributed by atoms with van der Waals surface area (Å²) in [6, 6.07) is 2.19. The van der Waals surface area contributed by atoms with Crippen molar-refractivity contribution in [2.75, 3.05) is 25.5 Å². The van der Waals surface area contributed by atoms with Crippen molar-refractivity contribution in [1.29, 1.82) is 0 Å². The van der Waals surface area contributed by atoms with Gasteiger partial charge in [-0.1, -0.05) is 6.92 Å². The van der Waals surface area contributed by atoms with Crippen molar-refractivity contribution < 1.29 is 31.1 Å². The number of hydrazone groups is 1. The van der Waals surface area contributed by atoms with Gasteiger partial charge in [-0.25, -0.2) is 23.1 Å². The Morgan fingerprint density at radius 2 is 1.92 bits per heavy atom. The number of piperidine rings is 1. The molecule has 0 saturated carbocycles. The molecule has 194 valence electrons. The number of alkyl halides is 5. The zero-order valence-electron chi connectivity index (χ0n) is 19.1. The highest BCUT2D eigenvalue weighted by atomic mass is 19.4. The molecule has 1 aliphatic rings. The van der Waals surface area contributed by atoms with Crippen molar-refractivity contribution in [3.63, 3.8) is 0 Å². The third-order valence-corrected chi connectivity index (χ3v) is 5.56. The number of anilines is 1. The summed E-state index contributed by atoms with van der Waals surface area (Å²) in [5.41, 5.74) is -1.39. The summed E-state index contributed by atoms with van der Waals surface area (Å²) in [6.07, 6.45) is -4.03. The highest BCUT2D eigenvalue weighted by molar-refractivity contribution is 6.09. The first kappa shape index (κ1) is 26.8. The van der Waals surface area contributed by atoms with Gasteiger partial charge in [0, 0.05) is 38.0 Å². The second kappa shape index (κ2) is 10.5. The Morgan fingerprint density at radius 3 is 2.50 bits per heavy atom. The topological polar surface area (TPSA) is 121 Å².